The van der Waals surface area contributed by atoms with E-state index in [0.717, 1.165) is 13.1 Å². The molecule has 0 aliphatic carbocycles. The summed E-state index contributed by atoms with van der Waals surface area (Å²) in [6.07, 6.45) is 5.07. The van der Waals surface area contributed by atoms with Crippen LogP contribution in [0.1, 0.15) is 46.5 Å². The van der Waals surface area contributed by atoms with E-state index in [1.165, 1.54) is 38.8 Å². The van der Waals surface area contributed by atoms with Gasteiger partial charge in [-0.1, -0.05) is 25.8 Å². The summed E-state index contributed by atoms with van der Waals surface area (Å²) in [7, 11) is 0. The molecule has 0 unspecified atom stereocenters. The Morgan fingerprint density at radius 1 is 1.06 bits per heavy atom. The molecule has 0 radical (unpaired) electrons. The van der Waals surface area contributed by atoms with Gasteiger partial charge in [-0.3, -0.25) is 9.10 Å². The van der Waals surface area contributed by atoms with Crippen LogP contribution in [0.3, 0.4) is 0 Å². The summed E-state index contributed by atoms with van der Waals surface area (Å²) >= 11 is 2.00. The fourth-order valence-corrected chi connectivity index (χ4v) is 4.15. The maximum atomic E-state index is 11.4. The third kappa shape index (κ3) is 3.41. The van der Waals surface area contributed by atoms with Gasteiger partial charge in [0, 0.05) is 38.4 Å². The molecular formula is C14H26N2OS. The monoisotopic (exact) mass is 270 g/mol. The minimum absolute atomic E-state index is 0.248. The highest BCUT2D eigenvalue weighted by atomic mass is 32.2. The Kier molecular flexibility index (Phi) is 4.59. The average molecular weight is 270 g/mol. The largest absolute Gasteiger partial charge is 0.343 e. The van der Waals surface area contributed by atoms with Gasteiger partial charge in [0.25, 0.3) is 0 Å². The standard InChI is InChI=1S/C14H26N2OS/c1-12(2)18-16-10-6-14(7-11-16)4-8-15(9-5-14)13(3)17/h12H,4-11H2,1-3H3. The minimum atomic E-state index is 0.248. The number of likely N-dealkylation sites (tertiary alicyclic amines) is 1. The second kappa shape index (κ2) is 5.83. The van der Waals surface area contributed by atoms with Crippen LogP contribution >= 0.6 is 11.9 Å². The number of rotatable bonds is 2. The van der Waals surface area contributed by atoms with E-state index in [2.05, 4.69) is 18.2 Å². The van der Waals surface area contributed by atoms with Crippen LogP contribution in [0, 0.1) is 5.41 Å². The van der Waals surface area contributed by atoms with Crippen molar-refractivity contribution in [1.29, 1.82) is 0 Å². The zero-order valence-corrected chi connectivity index (χ0v) is 12.8. The highest BCUT2D eigenvalue weighted by Gasteiger charge is 2.38. The Bertz CT molecular complexity index is 288. The number of hydrogen-bond donors (Lipinski definition) is 0. The van der Waals surface area contributed by atoms with Crippen LogP contribution in [-0.2, 0) is 4.79 Å². The summed E-state index contributed by atoms with van der Waals surface area (Å²) in [5.41, 5.74) is 0.542. The molecule has 0 aromatic rings. The zero-order chi connectivity index (χ0) is 13.2. The van der Waals surface area contributed by atoms with Crippen LogP contribution in [0.25, 0.3) is 0 Å². The molecule has 2 aliphatic heterocycles. The van der Waals surface area contributed by atoms with Crippen LogP contribution in [0.2, 0.25) is 0 Å². The van der Waals surface area contributed by atoms with Crippen LogP contribution in [0.15, 0.2) is 0 Å². The summed E-state index contributed by atoms with van der Waals surface area (Å²) in [4.78, 5) is 13.4. The van der Waals surface area contributed by atoms with Crippen molar-refractivity contribution in [1.82, 2.24) is 9.21 Å². The second-order valence-electron chi connectivity index (χ2n) is 6.09. The zero-order valence-electron chi connectivity index (χ0n) is 11.9. The van der Waals surface area contributed by atoms with E-state index >= 15 is 0 Å². The molecule has 2 rings (SSSR count). The highest BCUT2D eigenvalue weighted by molar-refractivity contribution is 7.97. The molecule has 0 aromatic heterocycles. The van der Waals surface area contributed by atoms with Gasteiger partial charge in [0.1, 0.15) is 0 Å². The Morgan fingerprint density at radius 3 is 2.00 bits per heavy atom. The predicted molar refractivity (Wildman–Crippen MR) is 77.5 cm³/mol. The van der Waals surface area contributed by atoms with Gasteiger partial charge in [0.15, 0.2) is 0 Å². The van der Waals surface area contributed by atoms with E-state index in [4.69, 9.17) is 0 Å². The Balaban J connectivity index is 1.81. The maximum absolute atomic E-state index is 11.4. The van der Waals surface area contributed by atoms with Crippen molar-refractivity contribution in [3.63, 3.8) is 0 Å². The van der Waals surface area contributed by atoms with Gasteiger partial charge in [-0.15, -0.1) is 0 Å². The van der Waals surface area contributed by atoms with Gasteiger partial charge in [0.2, 0.25) is 5.91 Å². The molecular weight excluding hydrogens is 244 g/mol. The molecule has 0 bridgehead atoms. The highest BCUT2D eigenvalue weighted by Crippen LogP contribution is 2.42. The molecule has 2 aliphatic rings. The Morgan fingerprint density at radius 2 is 1.56 bits per heavy atom. The topological polar surface area (TPSA) is 23.6 Å². The van der Waals surface area contributed by atoms with Crippen molar-refractivity contribution in [3.8, 4) is 0 Å². The lowest BCUT2D eigenvalue weighted by molar-refractivity contribution is -0.131. The molecule has 1 spiro atoms. The quantitative estimate of drug-likeness (QED) is 0.721. The van der Waals surface area contributed by atoms with Crippen molar-refractivity contribution in [2.45, 2.75) is 51.7 Å². The lowest BCUT2D eigenvalue weighted by Crippen LogP contribution is -2.46. The normalized spacial score (nSPS) is 24.8. The van der Waals surface area contributed by atoms with Crippen LogP contribution in [-0.4, -0.2) is 46.5 Å². The summed E-state index contributed by atoms with van der Waals surface area (Å²) < 4.78 is 2.53. The van der Waals surface area contributed by atoms with E-state index in [-0.39, 0.29) is 5.91 Å². The third-order valence-corrected chi connectivity index (χ3v) is 5.50. The smallest absolute Gasteiger partial charge is 0.219 e. The van der Waals surface area contributed by atoms with Crippen molar-refractivity contribution in [3.05, 3.63) is 0 Å². The van der Waals surface area contributed by atoms with Crippen molar-refractivity contribution in [2.24, 2.45) is 5.41 Å². The molecule has 3 nitrogen and oxygen atoms in total. The van der Waals surface area contributed by atoms with E-state index in [1.54, 1.807) is 6.92 Å². The van der Waals surface area contributed by atoms with Gasteiger partial charge in [-0.25, -0.2) is 0 Å². The van der Waals surface area contributed by atoms with Crippen molar-refractivity contribution < 1.29 is 4.79 Å². The predicted octanol–water partition coefficient (Wildman–Crippen LogP) is 2.77. The molecule has 0 atom stereocenters. The first-order valence-electron chi connectivity index (χ1n) is 7.18. The second-order valence-corrected chi connectivity index (χ2v) is 7.76. The Labute approximate surface area is 115 Å². The molecule has 2 saturated heterocycles. The van der Waals surface area contributed by atoms with Crippen molar-refractivity contribution >= 4 is 17.9 Å². The fourth-order valence-electron chi connectivity index (χ4n) is 3.16. The maximum Gasteiger partial charge on any atom is 0.219 e. The fraction of sp³-hybridized carbons (Fsp3) is 0.929. The molecule has 0 N–H and O–H groups in total. The molecule has 0 saturated carbocycles. The summed E-state index contributed by atoms with van der Waals surface area (Å²) in [6.45, 7) is 10.6. The molecule has 1 amide bonds. The lowest BCUT2D eigenvalue weighted by Gasteiger charge is -2.46. The first kappa shape index (κ1) is 14.2. The molecule has 4 heteroatoms. The third-order valence-electron chi connectivity index (χ3n) is 4.41. The number of amides is 1. The van der Waals surface area contributed by atoms with Gasteiger partial charge >= 0.3 is 0 Å². The minimum Gasteiger partial charge on any atom is -0.343 e. The molecule has 2 fully saturated rings. The lowest BCUT2D eigenvalue weighted by atomic mass is 9.71. The van der Waals surface area contributed by atoms with Gasteiger partial charge in [-0.2, -0.15) is 0 Å². The number of carbonyl (C=O) groups is 1. The SMILES string of the molecule is CC(=O)N1CCC2(CCN(SC(C)C)CC2)CC1. The van der Waals surface area contributed by atoms with Gasteiger partial charge in [-0.05, 0) is 31.1 Å². The molecule has 0 aromatic carbocycles. The van der Waals surface area contributed by atoms with Crippen LogP contribution in [0.5, 0.6) is 0 Å². The van der Waals surface area contributed by atoms with Gasteiger partial charge < -0.3 is 4.90 Å². The van der Waals surface area contributed by atoms with Crippen LogP contribution < -0.4 is 0 Å². The summed E-state index contributed by atoms with van der Waals surface area (Å²) in [6, 6.07) is 0. The summed E-state index contributed by atoms with van der Waals surface area (Å²) in [5.74, 6) is 0.248. The first-order chi connectivity index (χ1) is 8.51. The number of nitrogens with zero attached hydrogens (tertiary/aromatic N) is 2. The number of carbonyl (C=O) groups excluding carboxylic acids is 1. The number of hydrogen-bond acceptors (Lipinski definition) is 3. The van der Waals surface area contributed by atoms with Crippen molar-refractivity contribution in [2.75, 3.05) is 26.2 Å². The van der Waals surface area contributed by atoms with E-state index in [0.29, 0.717) is 10.7 Å². The summed E-state index contributed by atoms with van der Waals surface area (Å²) in [5, 5.41) is 0.693. The van der Waals surface area contributed by atoms with E-state index in [1.807, 2.05) is 16.8 Å². The molecule has 18 heavy (non-hydrogen) atoms. The first-order valence-corrected chi connectivity index (χ1v) is 8.02. The average Bonchev–Trinajstić information content (AvgIpc) is 2.32. The Hall–Kier alpha value is -0.220. The van der Waals surface area contributed by atoms with Crippen LogP contribution in [0.4, 0.5) is 0 Å². The van der Waals surface area contributed by atoms with E-state index < -0.39 is 0 Å². The van der Waals surface area contributed by atoms with E-state index in [9.17, 15) is 4.79 Å². The van der Waals surface area contributed by atoms with Gasteiger partial charge in [0.05, 0.1) is 0 Å². The molecule has 2 heterocycles. The number of piperidine rings is 2. The molecule has 104 valence electrons.